The van der Waals surface area contributed by atoms with Gasteiger partial charge in [0.15, 0.2) is 0 Å². The van der Waals surface area contributed by atoms with Crippen molar-refractivity contribution in [2.75, 3.05) is 36.5 Å². The zero-order valence-corrected chi connectivity index (χ0v) is 16.0. The number of carbonyl (C=O) groups excluding carboxylic acids is 1. The van der Waals surface area contributed by atoms with E-state index in [1.54, 1.807) is 6.20 Å². The lowest BCUT2D eigenvalue weighted by molar-refractivity contribution is 0.103. The fraction of sp³-hybridized carbons (Fsp3) is 0.238. The van der Waals surface area contributed by atoms with E-state index in [1.165, 1.54) is 11.3 Å². The number of aromatic nitrogens is 1. The summed E-state index contributed by atoms with van der Waals surface area (Å²) in [7, 11) is 0. The number of amides is 1. The van der Waals surface area contributed by atoms with Gasteiger partial charge in [-0.2, -0.15) is 0 Å². The number of hydrogen-bond acceptors (Lipinski definition) is 5. The molecule has 2 aromatic heterocycles. The van der Waals surface area contributed by atoms with Crippen LogP contribution in [0.25, 0.3) is 11.1 Å². The molecule has 1 aliphatic heterocycles. The molecule has 0 unspecified atom stereocenters. The zero-order valence-electron chi connectivity index (χ0n) is 15.1. The number of ether oxygens (including phenoxy) is 1. The van der Waals surface area contributed by atoms with Crippen molar-refractivity contribution in [1.82, 2.24) is 4.98 Å². The first-order valence-electron chi connectivity index (χ1n) is 8.97. The summed E-state index contributed by atoms with van der Waals surface area (Å²) in [6.07, 6.45) is 1.69. The Hall–Kier alpha value is -2.70. The number of anilines is 2. The van der Waals surface area contributed by atoms with Crippen molar-refractivity contribution in [3.63, 3.8) is 0 Å². The molecule has 1 amide bonds. The van der Waals surface area contributed by atoms with Gasteiger partial charge in [-0.15, -0.1) is 11.3 Å². The molecule has 3 aromatic rings. The lowest BCUT2D eigenvalue weighted by atomic mass is 10.1. The maximum Gasteiger partial charge on any atom is 0.266 e. The van der Waals surface area contributed by atoms with Gasteiger partial charge in [-0.25, -0.2) is 4.98 Å². The molecule has 1 aliphatic rings. The molecule has 1 saturated heterocycles. The van der Waals surface area contributed by atoms with Crippen LogP contribution in [-0.2, 0) is 4.74 Å². The molecule has 5 nitrogen and oxygen atoms in total. The van der Waals surface area contributed by atoms with Crippen LogP contribution in [0.1, 0.15) is 15.2 Å². The van der Waals surface area contributed by atoms with Crippen LogP contribution in [0.15, 0.2) is 54.7 Å². The molecule has 0 atom stereocenters. The summed E-state index contributed by atoms with van der Waals surface area (Å²) in [6, 6.07) is 16.0. The van der Waals surface area contributed by atoms with Crippen LogP contribution in [-0.4, -0.2) is 37.2 Å². The number of carbonyl (C=O) groups is 1. The Morgan fingerprint density at radius 1 is 1.15 bits per heavy atom. The molecule has 6 heteroatoms. The number of rotatable bonds is 4. The van der Waals surface area contributed by atoms with Crippen molar-refractivity contribution in [3.8, 4) is 11.1 Å². The highest BCUT2D eigenvalue weighted by atomic mass is 32.1. The second kappa shape index (κ2) is 7.90. The fourth-order valence-corrected chi connectivity index (χ4v) is 4.23. The number of benzene rings is 1. The third kappa shape index (κ3) is 3.86. The second-order valence-corrected chi connectivity index (χ2v) is 7.45. The van der Waals surface area contributed by atoms with Crippen LogP contribution < -0.4 is 10.2 Å². The van der Waals surface area contributed by atoms with Crippen molar-refractivity contribution in [2.24, 2.45) is 0 Å². The van der Waals surface area contributed by atoms with E-state index in [1.807, 2.05) is 43.3 Å². The Morgan fingerprint density at radius 2 is 1.93 bits per heavy atom. The summed E-state index contributed by atoms with van der Waals surface area (Å²) in [5, 5.41) is 4.06. The highest BCUT2D eigenvalue weighted by Crippen LogP contribution is 2.39. The molecule has 0 aliphatic carbocycles. The Labute approximate surface area is 162 Å². The summed E-state index contributed by atoms with van der Waals surface area (Å²) in [5.41, 5.74) is 3.15. The first-order chi connectivity index (χ1) is 13.2. The van der Waals surface area contributed by atoms with Crippen LogP contribution in [0.4, 0.5) is 10.8 Å². The van der Waals surface area contributed by atoms with E-state index in [-0.39, 0.29) is 5.91 Å². The van der Waals surface area contributed by atoms with Gasteiger partial charge >= 0.3 is 0 Å². The van der Waals surface area contributed by atoms with Crippen molar-refractivity contribution in [1.29, 1.82) is 0 Å². The predicted molar refractivity (Wildman–Crippen MR) is 110 cm³/mol. The molecule has 0 saturated carbocycles. The van der Waals surface area contributed by atoms with Gasteiger partial charge in [-0.1, -0.05) is 36.4 Å². The van der Waals surface area contributed by atoms with Gasteiger partial charge in [0.2, 0.25) is 0 Å². The van der Waals surface area contributed by atoms with Crippen LogP contribution >= 0.6 is 11.3 Å². The predicted octanol–water partition coefficient (Wildman–Crippen LogP) is 4.21. The molecule has 3 heterocycles. The summed E-state index contributed by atoms with van der Waals surface area (Å²) in [4.78, 5) is 20.1. The molecule has 1 N–H and O–H groups in total. The summed E-state index contributed by atoms with van der Waals surface area (Å²) in [6.45, 7) is 5.02. The molecular weight excluding hydrogens is 358 g/mol. The number of nitrogens with zero attached hydrogens (tertiary/aromatic N) is 2. The van der Waals surface area contributed by atoms with Gasteiger partial charge in [0.05, 0.1) is 23.1 Å². The normalized spacial score (nSPS) is 14.2. The smallest absolute Gasteiger partial charge is 0.266 e. The van der Waals surface area contributed by atoms with Gasteiger partial charge in [-0.3, -0.25) is 4.79 Å². The average Bonchev–Trinajstić information content (AvgIpc) is 3.17. The van der Waals surface area contributed by atoms with Crippen LogP contribution in [0.5, 0.6) is 0 Å². The van der Waals surface area contributed by atoms with Gasteiger partial charge in [0, 0.05) is 24.8 Å². The zero-order chi connectivity index (χ0) is 18.6. The van der Waals surface area contributed by atoms with Crippen molar-refractivity contribution < 1.29 is 9.53 Å². The largest absolute Gasteiger partial charge is 0.378 e. The SMILES string of the molecule is Cc1cccnc1NC(=O)c1cc(-c2ccccc2)c(N2CCOCC2)s1. The van der Waals surface area contributed by atoms with E-state index >= 15 is 0 Å². The first kappa shape index (κ1) is 17.7. The summed E-state index contributed by atoms with van der Waals surface area (Å²) < 4.78 is 5.49. The lowest BCUT2D eigenvalue weighted by Gasteiger charge is -2.28. The van der Waals surface area contributed by atoms with E-state index in [0.717, 1.165) is 34.8 Å². The molecule has 27 heavy (non-hydrogen) atoms. The van der Waals surface area contributed by atoms with Gasteiger partial charge in [0.1, 0.15) is 5.82 Å². The molecule has 0 radical (unpaired) electrons. The summed E-state index contributed by atoms with van der Waals surface area (Å²) in [5.74, 6) is 0.476. The van der Waals surface area contributed by atoms with Crippen LogP contribution in [0, 0.1) is 6.92 Å². The van der Waals surface area contributed by atoms with Gasteiger partial charge in [0.25, 0.3) is 5.91 Å². The Bertz CT molecular complexity index is 934. The van der Waals surface area contributed by atoms with Crippen molar-refractivity contribution in [2.45, 2.75) is 6.92 Å². The number of hydrogen-bond donors (Lipinski definition) is 1. The monoisotopic (exact) mass is 379 g/mol. The number of nitrogens with one attached hydrogen (secondary N) is 1. The molecule has 1 aromatic carbocycles. The van der Waals surface area contributed by atoms with Crippen LogP contribution in [0.2, 0.25) is 0 Å². The topological polar surface area (TPSA) is 54.5 Å². The molecule has 138 valence electrons. The number of thiophene rings is 1. The molecule has 0 spiro atoms. The van der Waals surface area contributed by atoms with E-state index in [0.29, 0.717) is 23.9 Å². The van der Waals surface area contributed by atoms with E-state index < -0.39 is 0 Å². The standard InChI is InChI=1S/C21H21N3O2S/c1-15-6-5-9-22-19(15)23-20(25)18-14-17(16-7-3-2-4-8-16)21(27-18)24-10-12-26-13-11-24/h2-9,14H,10-13H2,1H3,(H,22,23,25). The van der Waals surface area contributed by atoms with Gasteiger partial charge in [-0.05, 0) is 30.2 Å². The van der Waals surface area contributed by atoms with Crippen molar-refractivity contribution >= 4 is 28.1 Å². The van der Waals surface area contributed by atoms with Crippen molar-refractivity contribution in [3.05, 3.63) is 65.2 Å². The molecule has 4 rings (SSSR count). The highest BCUT2D eigenvalue weighted by Gasteiger charge is 2.22. The lowest BCUT2D eigenvalue weighted by Crippen LogP contribution is -2.35. The van der Waals surface area contributed by atoms with Gasteiger partial charge < -0.3 is 15.0 Å². The quantitative estimate of drug-likeness (QED) is 0.738. The number of morpholine rings is 1. The van der Waals surface area contributed by atoms with E-state index in [2.05, 4.69) is 27.3 Å². The summed E-state index contributed by atoms with van der Waals surface area (Å²) >= 11 is 1.52. The first-order valence-corrected chi connectivity index (χ1v) is 9.79. The molecule has 1 fully saturated rings. The Kier molecular flexibility index (Phi) is 5.18. The Balaban J connectivity index is 1.68. The van der Waals surface area contributed by atoms with E-state index in [4.69, 9.17) is 4.74 Å². The Morgan fingerprint density at radius 3 is 2.67 bits per heavy atom. The minimum absolute atomic E-state index is 0.126. The van der Waals surface area contributed by atoms with Crippen LogP contribution in [0.3, 0.4) is 0 Å². The number of pyridine rings is 1. The third-order valence-corrected chi connectivity index (χ3v) is 5.76. The number of aryl methyl sites for hydroxylation is 1. The molecular formula is C21H21N3O2S. The average molecular weight is 379 g/mol. The maximum absolute atomic E-state index is 12.9. The third-order valence-electron chi connectivity index (χ3n) is 4.56. The minimum atomic E-state index is -0.126. The minimum Gasteiger partial charge on any atom is -0.378 e. The molecule has 0 bridgehead atoms. The fourth-order valence-electron chi connectivity index (χ4n) is 3.10. The van der Waals surface area contributed by atoms with E-state index in [9.17, 15) is 4.79 Å². The second-order valence-electron chi connectivity index (χ2n) is 6.42. The highest BCUT2D eigenvalue weighted by molar-refractivity contribution is 7.18. The maximum atomic E-state index is 12.9.